The summed E-state index contributed by atoms with van der Waals surface area (Å²) < 4.78 is 0. The van der Waals surface area contributed by atoms with Crippen LogP contribution in [0.3, 0.4) is 0 Å². The Morgan fingerprint density at radius 2 is 1.73 bits per heavy atom. The molecule has 2 aromatic rings. The number of thiophene rings is 1. The molecule has 30 heavy (non-hydrogen) atoms. The van der Waals surface area contributed by atoms with Gasteiger partial charge in [-0.3, -0.25) is 9.59 Å². The lowest BCUT2D eigenvalue weighted by Gasteiger charge is -2.31. The summed E-state index contributed by atoms with van der Waals surface area (Å²) in [6.07, 6.45) is 4.38. The van der Waals surface area contributed by atoms with E-state index in [1.165, 1.54) is 10.4 Å². The van der Waals surface area contributed by atoms with Crippen LogP contribution in [-0.4, -0.2) is 34.2 Å². The van der Waals surface area contributed by atoms with Crippen molar-refractivity contribution < 1.29 is 9.59 Å². The zero-order chi connectivity index (χ0) is 21.9. The van der Waals surface area contributed by atoms with Crippen molar-refractivity contribution in [1.29, 1.82) is 0 Å². The molecular formula is C25H36N2O2S. The smallest absolute Gasteiger partial charge is 0.242 e. The molecule has 0 N–H and O–H groups in total. The summed E-state index contributed by atoms with van der Waals surface area (Å²) in [5.41, 5.74) is 2.31. The van der Waals surface area contributed by atoms with Crippen LogP contribution in [0.15, 0.2) is 41.8 Å². The summed E-state index contributed by atoms with van der Waals surface area (Å²) in [6.45, 7) is 9.60. The molecule has 0 aliphatic heterocycles. The fourth-order valence-electron chi connectivity index (χ4n) is 3.40. The first-order chi connectivity index (χ1) is 14.5. The molecule has 0 fully saturated rings. The van der Waals surface area contributed by atoms with E-state index < -0.39 is 0 Å². The molecule has 1 unspecified atom stereocenters. The molecule has 0 saturated carbocycles. The van der Waals surface area contributed by atoms with E-state index >= 15 is 0 Å². The predicted molar refractivity (Wildman–Crippen MR) is 125 cm³/mol. The van der Waals surface area contributed by atoms with E-state index in [0.717, 1.165) is 31.2 Å². The largest absolute Gasteiger partial charge is 0.332 e. The predicted octanol–water partition coefficient (Wildman–Crippen LogP) is 5.79. The first-order valence-corrected chi connectivity index (χ1v) is 12.0. The van der Waals surface area contributed by atoms with E-state index in [4.69, 9.17) is 0 Å². The number of rotatable bonds is 12. The number of aryl methyl sites for hydroxylation is 1. The standard InChI is InChI=1S/C25H36N2O2S/c1-5-7-9-14-24(28)27(21(4)6-2)19-25(29)26(17-22-12-10-8-11-13-22)18-23-20(3)15-16-30-23/h8,10-13,15-16,21H,5-7,9,14,17-19H2,1-4H3. The van der Waals surface area contributed by atoms with Crippen LogP contribution in [0.4, 0.5) is 0 Å². The summed E-state index contributed by atoms with van der Waals surface area (Å²) in [4.78, 5) is 31.1. The van der Waals surface area contributed by atoms with Crippen molar-refractivity contribution in [1.82, 2.24) is 9.80 Å². The van der Waals surface area contributed by atoms with Gasteiger partial charge in [0.15, 0.2) is 0 Å². The Morgan fingerprint density at radius 3 is 2.33 bits per heavy atom. The molecule has 0 aliphatic rings. The Labute approximate surface area is 185 Å². The van der Waals surface area contributed by atoms with Crippen LogP contribution in [0.5, 0.6) is 0 Å². The Balaban J connectivity index is 2.16. The average Bonchev–Trinajstić information content (AvgIpc) is 3.16. The molecule has 4 nitrogen and oxygen atoms in total. The minimum Gasteiger partial charge on any atom is -0.332 e. The third-order valence-electron chi connectivity index (χ3n) is 5.61. The maximum absolute atomic E-state index is 13.4. The SMILES string of the molecule is CCCCCC(=O)N(CC(=O)N(Cc1ccccc1)Cc1sccc1C)C(C)CC. The molecule has 0 aliphatic carbocycles. The maximum Gasteiger partial charge on any atom is 0.242 e. The van der Waals surface area contributed by atoms with Crippen LogP contribution in [-0.2, 0) is 22.7 Å². The molecule has 0 radical (unpaired) electrons. The van der Waals surface area contributed by atoms with E-state index in [1.54, 1.807) is 16.2 Å². The molecule has 1 aromatic heterocycles. The molecule has 1 aromatic carbocycles. The van der Waals surface area contributed by atoms with E-state index in [0.29, 0.717) is 19.5 Å². The summed E-state index contributed by atoms with van der Waals surface area (Å²) >= 11 is 1.68. The molecule has 0 saturated heterocycles. The number of amides is 2. The summed E-state index contributed by atoms with van der Waals surface area (Å²) in [5.74, 6) is 0.105. The molecular weight excluding hydrogens is 392 g/mol. The molecule has 0 bridgehead atoms. The zero-order valence-electron chi connectivity index (χ0n) is 18.9. The fourth-order valence-corrected chi connectivity index (χ4v) is 4.32. The number of unbranched alkanes of at least 4 members (excludes halogenated alkanes) is 2. The second-order valence-corrected chi connectivity index (χ2v) is 9.00. The van der Waals surface area contributed by atoms with Crippen molar-refractivity contribution in [3.63, 3.8) is 0 Å². The van der Waals surface area contributed by atoms with Gasteiger partial charge in [0.05, 0.1) is 6.54 Å². The Morgan fingerprint density at radius 1 is 1.00 bits per heavy atom. The van der Waals surface area contributed by atoms with Gasteiger partial charge in [0.25, 0.3) is 0 Å². The maximum atomic E-state index is 13.4. The molecule has 164 valence electrons. The summed E-state index contributed by atoms with van der Waals surface area (Å²) in [6, 6.07) is 12.2. The van der Waals surface area contributed by atoms with Crippen LogP contribution in [0.2, 0.25) is 0 Å². The van der Waals surface area contributed by atoms with Crippen LogP contribution in [0.25, 0.3) is 0 Å². The average molecular weight is 429 g/mol. The van der Waals surface area contributed by atoms with Gasteiger partial charge in [-0.15, -0.1) is 11.3 Å². The third kappa shape index (κ3) is 7.28. The lowest BCUT2D eigenvalue weighted by atomic mass is 10.1. The van der Waals surface area contributed by atoms with E-state index in [1.807, 2.05) is 42.2 Å². The normalized spacial score (nSPS) is 11.9. The molecule has 0 spiro atoms. The Hall–Kier alpha value is -2.14. The Kier molecular flexibility index (Phi) is 10.1. The van der Waals surface area contributed by atoms with Gasteiger partial charge in [-0.1, -0.05) is 57.0 Å². The van der Waals surface area contributed by atoms with E-state index in [9.17, 15) is 9.59 Å². The number of hydrogen-bond acceptors (Lipinski definition) is 3. The monoisotopic (exact) mass is 428 g/mol. The second-order valence-electron chi connectivity index (χ2n) is 8.00. The van der Waals surface area contributed by atoms with Crippen molar-refractivity contribution >= 4 is 23.2 Å². The van der Waals surface area contributed by atoms with Gasteiger partial charge >= 0.3 is 0 Å². The first-order valence-electron chi connectivity index (χ1n) is 11.1. The van der Waals surface area contributed by atoms with E-state index in [-0.39, 0.29) is 24.4 Å². The number of benzene rings is 1. The van der Waals surface area contributed by atoms with Crippen molar-refractivity contribution in [2.45, 2.75) is 78.9 Å². The third-order valence-corrected chi connectivity index (χ3v) is 6.62. The molecule has 2 amide bonds. The van der Waals surface area contributed by atoms with Crippen LogP contribution < -0.4 is 0 Å². The lowest BCUT2D eigenvalue weighted by Crippen LogP contribution is -2.46. The minimum absolute atomic E-state index is 0.00999. The van der Waals surface area contributed by atoms with Gasteiger partial charge in [-0.2, -0.15) is 0 Å². The number of carbonyl (C=O) groups is 2. The Bertz CT molecular complexity index is 787. The van der Waals surface area contributed by atoms with Crippen molar-refractivity contribution in [3.05, 3.63) is 57.8 Å². The highest BCUT2D eigenvalue weighted by atomic mass is 32.1. The summed E-state index contributed by atoms with van der Waals surface area (Å²) in [5, 5.41) is 2.07. The number of hydrogen-bond donors (Lipinski definition) is 0. The van der Waals surface area contributed by atoms with Gasteiger partial charge in [0, 0.05) is 23.9 Å². The lowest BCUT2D eigenvalue weighted by molar-refractivity contribution is -0.143. The van der Waals surface area contributed by atoms with Gasteiger partial charge in [-0.05, 0) is 49.3 Å². The van der Waals surface area contributed by atoms with Crippen LogP contribution in [0, 0.1) is 6.92 Å². The number of nitrogens with zero attached hydrogens (tertiary/aromatic N) is 2. The van der Waals surface area contributed by atoms with Crippen molar-refractivity contribution in [3.8, 4) is 0 Å². The minimum atomic E-state index is 0.00999. The first kappa shape index (κ1) is 24.1. The highest BCUT2D eigenvalue weighted by Gasteiger charge is 2.25. The highest BCUT2D eigenvalue weighted by Crippen LogP contribution is 2.20. The van der Waals surface area contributed by atoms with Gasteiger partial charge in [-0.25, -0.2) is 0 Å². The summed E-state index contributed by atoms with van der Waals surface area (Å²) in [7, 11) is 0. The molecule has 2 rings (SSSR count). The van der Waals surface area contributed by atoms with E-state index in [2.05, 4.69) is 32.2 Å². The molecule has 5 heteroatoms. The fraction of sp³-hybridized carbons (Fsp3) is 0.520. The van der Waals surface area contributed by atoms with Crippen molar-refractivity contribution in [2.75, 3.05) is 6.54 Å². The molecule has 1 atom stereocenters. The molecule has 1 heterocycles. The van der Waals surface area contributed by atoms with Crippen molar-refractivity contribution in [2.24, 2.45) is 0 Å². The van der Waals surface area contributed by atoms with Gasteiger partial charge < -0.3 is 9.80 Å². The number of carbonyl (C=O) groups excluding carboxylic acids is 2. The second kappa shape index (κ2) is 12.5. The van der Waals surface area contributed by atoms with Crippen LogP contribution >= 0.6 is 11.3 Å². The highest BCUT2D eigenvalue weighted by molar-refractivity contribution is 7.10. The quantitative estimate of drug-likeness (QED) is 0.401. The van der Waals surface area contributed by atoms with Crippen LogP contribution in [0.1, 0.15) is 68.9 Å². The zero-order valence-corrected chi connectivity index (χ0v) is 19.7. The van der Waals surface area contributed by atoms with Gasteiger partial charge in [0.2, 0.25) is 11.8 Å². The topological polar surface area (TPSA) is 40.6 Å². The van der Waals surface area contributed by atoms with Gasteiger partial charge in [0.1, 0.15) is 6.54 Å².